The lowest BCUT2D eigenvalue weighted by atomic mass is 9.82. The van der Waals surface area contributed by atoms with Gasteiger partial charge in [0.2, 0.25) is 0 Å². The van der Waals surface area contributed by atoms with Gasteiger partial charge < -0.3 is 5.32 Å². The maximum atomic E-state index is 3.85. The predicted molar refractivity (Wildman–Crippen MR) is 74.7 cm³/mol. The van der Waals surface area contributed by atoms with Crippen molar-refractivity contribution in [3.8, 4) is 0 Å². The Balaban J connectivity index is 4.01. The van der Waals surface area contributed by atoms with Gasteiger partial charge in [0.05, 0.1) is 0 Å². The molecule has 0 spiro atoms. The van der Waals surface area contributed by atoms with E-state index < -0.39 is 0 Å². The molecule has 0 saturated heterocycles. The number of nitrogens with one attached hydrogen (secondary N) is 1. The Morgan fingerprint density at radius 1 is 1.31 bits per heavy atom. The second-order valence-electron chi connectivity index (χ2n) is 6.28. The zero-order valence-electron chi connectivity index (χ0n) is 12.0. The summed E-state index contributed by atoms with van der Waals surface area (Å²) in [6.45, 7) is 16.5. The quantitative estimate of drug-likeness (QED) is 0.604. The number of hydrogen-bond acceptors (Lipinski definition) is 1. The fourth-order valence-electron chi connectivity index (χ4n) is 2.43. The van der Waals surface area contributed by atoms with Gasteiger partial charge in [-0.1, -0.05) is 40.7 Å². The molecule has 0 bridgehead atoms. The second-order valence-corrected chi connectivity index (χ2v) is 6.28. The van der Waals surface area contributed by atoms with Crippen LogP contribution in [-0.2, 0) is 0 Å². The fourth-order valence-corrected chi connectivity index (χ4v) is 2.43. The third kappa shape index (κ3) is 8.96. The molecule has 1 N–H and O–H groups in total. The van der Waals surface area contributed by atoms with Crippen LogP contribution in [-0.4, -0.2) is 12.6 Å². The monoisotopic (exact) mass is 225 g/mol. The fraction of sp³-hybridized carbons (Fsp3) is 0.867. The summed E-state index contributed by atoms with van der Waals surface area (Å²) in [5.41, 5.74) is 0.447. The van der Waals surface area contributed by atoms with E-state index in [0.29, 0.717) is 11.5 Å². The molecular weight excluding hydrogens is 194 g/mol. The van der Waals surface area contributed by atoms with Gasteiger partial charge in [0.25, 0.3) is 0 Å². The molecule has 0 radical (unpaired) electrons. The van der Waals surface area contributed by atoms with Crippen LogP contribution in [0.2, 0.25) is 0 Å². The first kappa shape index (κ1) is 15.7. The highest BCUT2D eigenvalue weighted by molar-refractivity contribution is 4.80. The molecule has 0 aromatic rings. The van der Waals surface area contributed by atoms with E-state index in [2.05, 4.69) is 46.5 Å². The highest BCUT2D eigenvalue weighted by Gasteiger charge is 2.18. The van der Waals surface area contributed by atoms with Gasteiger partial charge in [-0.2, -0.15) is 0 Å². The van der Waals surface area contributed by atoms with E-state index in [9.17, 15) is 0 Å². The third-order valence-corrected chi connectivity index (χ3v) is 2.78. The summed E-state index contributed by atoms with van der Waals surface area (Å²) in [7, 11) is 0. The van der Waals surface area contributed by atoms with Crippen LogP contribution in [0.15, 0.2) is 12.7 Å². The smallest absolute Gasteiger partial charge is 0.0104 e. The maximum absolute atomic E-state index is 3.85. The summed E-state index contributed by atoms with van der Waals surface area (Å²) in [5, 5.41) is 3.62. The average Bonchev–Trinajstić information content (AvgIpc) is 2.11. The summed E-state index contributed by atoms with van der Waals surface area (Å²) < 4.78 is 0. The molecular formula is C15H31N. The summed E-state index contributed by atoms with van der Waals surface area (Å²) in [6, 6.07) is 0.620. The van der Waals surface area contributed by atoms with Gasteiger partial charge in [0.1, 0.15) is 0 Å². The van der Waals surface area contributed by atoms with Gasteiger partial charge in [-0.25, -0.2) is 0 Å². The van der Waals surface area contributed by atoms with Crippen molar-refractivity contribution in [2.24, 2.45) is 11.3 Å². The van der Waals surface area contributed by atoms with Crippen LogP contribution in [0.5, 0.6) is 0 Å². The molecule has 2 atom stereocenters. The van der Waals surface area contributed by atoms with Crippen molar-refractivity contribution in [2.75, 3.05) is 6.54 Å². The molecule has 96 valence electrons. The normalized spacial score (nSPS) is 15.8. The van der Waals surface area contributed by atoms with E-state index in [0.717, 1.165) is 18.9 Å². The van der Waals surface area contributed by atoms with Gasteiger partial charge >= 0.3 is 0 Å². The first-order chi connectivity index (χ1) is 7.39. The van der Waals surface area contributed by atoms with Gasteiger partial charge in [-0.15, -0.1) is 6.58 Å². The summed E-state index contributed by atoms with van der Waals surface area (Å²) in [4.78, 5) is 0. The van der Waals surface area contributed by atoms with E-state index in [1.807, 2.05) is 6.08 Å². The van der Waals surface area contributed by atoms with Crippen molar-refractivity contribution in [1.82, 2.24) is 5.32 Å². The maximum Gasteiger partial charge on any atom is 0.0104 e. The molecule has 0 rings (SSSR count). The van der Waals surface area contributed by atoms with Gasteiger partial charge in [-0.3, -0.25) is 0 Å². The lowest BCUT2D eigenvalue weighted by Gasteiger charge is -2.26. The Morgan fingerprint density at radius 2 is 1.94 bits per heavy atom. The lowest BCUT2D eigenvalue weighted by Crippen LogP contribution is -2.31. The van der Waals surface area contributed by atoms with Crippen LogP contribution in [0.3, 0.4) is 0 Å². The summed E-state index contributed by atoms with van der Waals surface area (Å²) >= 11 is 0. The topological polar surface area (TPSA) is 12.0 Å². The van der Waals surface area contributed by atoms with Gasteiger partial charge in [0.15, 0.2) is 0 Å². The highest BCUT2D eigenvalue weighted by atomic mass is 14.9. The van der Waals surface area contributed by atoms with Crippen LogP contribution < -0.4 is 5.32 Å². The Hall–Kier alpha value is -0.300. The van der Waals surface area contributed by atoms with E-state index in [4.69, 9.17) is 0 Å². The van der Waals surface area contributed by atoms with E-state index in [1.54, 1.807) is 0 Å². The SMILES string of the molecule is C=CCC(CC(C)CC(C)(C)C)NCCC. The minimum Gasteiger partial charge on any atom is -0.314 e. The first-order valence-corrected chi connectivity index (χ1v) is 6.73. The average molecular weight is 225 g/mol. The third-order valence-electron chi connectivity index (χ3n) is 2.78. The summed E-state index contributed by atoms with van der Waals surface area (Å²) in [6.07, 6.45) is 6.91. The zero-order valence-corrected chi connectivity index (χ0v) is 12.0. The Labute approximate surface area is 103 Å². The summed E-state index contributed by atoms with van der Waals surface area (Å²) in [5.74, 6) is 0.786. The first-order valence-electron chi connectivity index (χ1n) is 6.73. The van der Waals surface area contributed by atoms with Crippen molar-refractivity contribution >= 4 is 0 Å². The van der Waals surface area contributed by atoms with Crippen LogP contribution in [0, 0.1) is 11.3 Å². The van der Waals surface area contributed by atoms with Crippen molar-refractivity contribution in [2.45, 2.75) is 66.3 Å². The molecule has 0 aromatic carbocycles. The van der Waals surface area contributed by atoms with Crippen molar-refractivity contribution < 1.29 is 0 Å². The van der Waals surface area contributed by atoms with E-state index >= 15 is 0 Å². The van der Waals surface area contributed by atoms with Gasteiger partial charge in [0, 0.05) is 6.04 Å². The van der Waals surface area contributed by atoms with E-state index in [1.165, 1.54) is 19.3 Å². The molecule has 0 aliphatic carbocycles. The molecule has 0 aromatic heterocycles. The van der Waals surface area contributed by atoms with Crippen LogP contribution in [0.1, 0.15) is 60.3 Å². The minimum absolute atomic E-state index is 0.447. The highest BCUT2D eigenvalue weighted by Crippen LogP contribution is 2.27. The van der Waals surface area contributed by atoms with Crippen LogP contribution >= 0.6 is 0 Å². The standard InChI is InChI=1S/C15H31N/c1-7-9-14(16-10-8-2)11-13(3)12-15(4,5)6/h7,13-14,16H,1,8-12H2,2-6H3. The van der Waals surface area contributed by atoms with E-state index in [-0.39, 0.29) is 0 Å². The van der Waals surface area contributed by atoms with Gasteiger partial charge in [-0.05, 0) is 43.6 Å². The van der Waals surface area contributed by atoms with Crippen LogP contribution in [0.25, 0.3) is 0 Å². The second kappa shape index (κ2) is 7.89. The Morgan fingerprint density at radius 3 is 2.38 bits per heavy atom. The lowest BCUT2D eigenvalue weighted by molar-refractivity contribution is 0.275. The molecule has 0 fully saturated rings. The number of rotatable bonds is 8. The minimum atomic E-state index is 0.447. The van der Waals surface area contributed by atoms with Crippen LogP contribution in [0.4, 0.5) is 0 Å². The molecule has 2 unspecified atom stereocenters. The largest absolute Gasteiger partial charge is 0.314 e. The predicted octanol–water partition coefficient (Wildman–Crippen LogP) is 4.39. The molecule has 1 heteroatoms. The number of hydrogen-bond donors (Lipinski definition) is 1. The molecule has 0 aliphatic rings. The van der Waals surface area contributed by atoms with Crippen molar-refractivity contribution in [3.63, 3.8) is 0 Å². The Kier molecular flexibility index (Phi) is 7.74. The molecule has 0 aliphatic heterocycles. The van der Waals surface area contributed by atoms with Crippen molar-refractivity contribution in [3.05, 3.63) is 12.7 Å². The molecule has 0 heterocycles. The zero-order chi connectivity index (χ0) is 12.6. The molecule has 16 heavy (non-hydrogen) atoms. The Bertz CT molecular complexity index is 178. The van der Waals surface area contributed by atoms with Crippen molar-refractivity contribution in [1.29, 1.82) is 0 Å². The molecule has 0 saturated carbocycles. The molecule has 1 nitrogen and oxygen atoms in total. The molecule has 0 amide bonds.